The lowest BCUT2D eigenvalue weighted by Crippen LogP contribution is -2.37. The van der Waals surface area contributed by atoms with E-state index in [-0.39, 0.29) is 5.54 Å². The van der Waals surface area contributed by atoms with Crippen LogP contribution in [0, 0.1) is 0 Å². The highest BCUT2D eigenvalue weighted by Crippen LogP contribution is 2.13. The van der Waals surface area contributed by atoms with Crippen molar-refractivity contribution >= 4 is 12.6 Å². The third-order valence-corrected chi connectivity index (χ3v) is 1.67. The predicted molar refractivity (Wildman–Crippen MR) is 46.2 cm³/mol. The second-order valence-electron chi connectivity index (χ2n) is 3.19. The van der Waals surface area contributed by atoms with Gasteiger partial charge in [0.25, 0.3) is 0 Å². The van der Waals surface area contributed by atoms with Gasteiger partial charge in [-0.3, -0.25) is 0 Å². The van der Waals surface area contributed by atoms with Crippen LogP contribution in [0.25, 0.3) is 0 Å². The van der Waals surface area contributed by atoms with Gasteiger partial charge in [0.15, 0.2) is 0 Å². The highest BCUT2D eigenvalue weighted by atomic mass is 32.1. The van der Waals surface area contributed by atoms with Gasteiger partial charge in [0, 0.05) is 10.8 Å². The quantitative estimate of drug-likeness (QED) is 0.579. The van der Waals surface area contributed by atoms with Crippen molar-refractivity contribution in [3.63, 3.8) is 0 Å². The summed E-state index contributed by atoms with van der Waals surface area (Å²) in [6.07, 6.45) is 1.10. The van der Waals surface area contributed by atoms with E-state index in [0.29, 0.717) is 5.25 Å². The summed E-state index contributed by atoms with van der Waals surface area (Å²) in [5.41, 5.74) is 0.237. The van der Waals surface area contributed by atoms with Crippen molar-refractivity contribution in [3.8, 4) is 0 Å². The van der Waals surface area contributed by atoms with Crippen LogP contribution < -0.4 is 5.32 Å². The van der Waals surface area contributed by atoms with Crippen LogP contribution in [0.4, 0.5) is 0 Å². The minimum atomic E-state index is 0.237. The van der Waals surface area contributed by atoms with Crippen molar-refractivity contribution in [2.24, 2.45) is 0 Å². The standard InChI is InChI=1S/C7H17NS/c1-6(9)5-7(2,3)8-4/h6,8-9H,5H2,1-4H3. The van der Waals surface area contributed by atoms with E-state index in [4.69, 9.17) is 0 Å². The van der Waals surface area contributed by atoms with Crippen molar-refractivity contribution in [1.29, 1.82) is 0 Å². The van der Waals surface area contributed by atoms with Gasteiger partial charge in [0.2, 0.25) is 0 Å². The molecule has 0 rings (SSSR count). The fraction of sp³-hybridized carbons (Fsp3) is 1.00. The summed E-state index contributed by atoms with van der Waals surface area (Å²) in [6.45, 7) is 6.47. The molecule has 0 fully saturated rings. The van der Waals surface area contributed by atoms with Crippen molar-refractivity contribution in [2.75, 3.05) is 7.05 Å². The molecule has 2 heteroatoms. The summed E-state index contributed by atoms with van der Waals surface area (Å²) < 4.78 is 0. The van der Waals surface area contributed by atoms with Crippen LogP contribution in [0.5, 0.6) is 0 Å². The summed E-state index contributed by atoms with van der Waals surface area (Å²) in [5, 5.41) is 3.70. The molecule has 0 saturated heterocycles. The Balaban J connectivity index is 3.58. The van der Waals surface area contributed by atoms with Crippen molar-refractivity contribution in [1.82, 2.24) is 5.32 Å². The molecular weight excluding hydrogens is 130 g/mol. The zero-order valence-corrected chi connectivity index (χ0v) is 7.63. The maximum Gasteiger partial charge on any atom is 0.0132 e. The molecule has 1 N–H and O–H groups in total. The van der Waals surface area contributed by atoms with E-state index in [0.717, 1.165) is 6.42 Å². The van der Waals surface area contributed by atoms with Crippen LogP contribution in [0.3, 0.4) is 0 Å². The highest BCUT2D eigenvalue weighted by molar-refractivity contribution is 7.80. The molecule has 1 nitrogen and oxygen atoms in total. The Kier molecular flexibility index (Phi) is 3.59. The maximum absolute atomic E-state index is 4.31. The van der Waals surface area contributed by atoms with Gasteiger partial charge in [-0.2, -0.15) is 12.6 Å². The van der Waals surface area contributed by atoms with Crippen LogP contribution in [0.2, 0.25) is 0 Å². The van der Waals surface area contributed by atoms with E-state index < -0.39 is 0 Å². The number of rotatable bonds is 3. The average Bonchev–Trinajstić information content (AvgIpc) is 1.63. The smallest absolute Gasteiger partial charge is 0.0132 e. The Labute approximate surface area is 63.6 Å². The lowest BCUT2D eigenvalue weighted by Gasteiger charge is -2.25. The van der Waals surface area contributed by atoms with Crippen LogP contribution in [0.15, 0.2) is 0 Å². The van der Waals surface area contributed by atoms with Crippen molar-refractivity contribution < 1.29 is 0 Å². The summed E-state index contributed by atoms with van der Waals surface area (Å²) in [7, 11) is 1.98. The molecule has 0 radical (unpaired) electrons. The Morgan fingerprint density at radius 2 is 2.00 bits per heavy atom. The zero-order valence-electron chi connectivity index (χ0n) is 6.73. The van der Waals surface area contributed by atoms with E-state index in [2.05, 4.69) is 38.7 Å². The van der Waals surface area contributed by atoms with Gasteiger partial charge in [-0.05, 0) is 27.3 Å². The first-order valence-electron chi connectivity index (χ1n) is 3.35. The SMILES string of the molecule is CNC(C)(C)CC(C)S. The van der Waals surface area contributed by atoms with Crippen LogP contribution >= 0.6 is 12.6 Å². The lowest BCUT2D eigenvalue weighted by atomic mass is 9.99. The predicted octanol–water partition coefficient (Wildman–Crippen LogP) is 1.69. The molecule has 0 heterocycles. The molecular formula is C7H17NS. The average molecular weight is 147 g/mol. The molecule has 0 aliphatic heterocycles. The normalized spacial score (nSPS) is 15.7. The Hall–Kier alpha value is 0.310. The molecule has 0 aliphatic rings. The Morgan fingerprint density at radius 3 is 2.11 bits per heavy atom. The van der Waals surface area contributed by atoms with E-state index >= 15 is 0 Å². The van der Waals surface area contributed by atoms with Gasteiger partial charge in [0.05, 0.1) is 0 Å². The molecule has 0 bridgehead atoms. The number of thiol groups is 1. The zero-order chi connectivity index (χ0) is 7.49. The van der Waals surface area contributed by atoms with Gasteiger partial charge in [-0.15, -0.1) is 0 Å². The molecule has 1 atom stereocenters. The summed E-state index contributed by atoms with van der Waals surface area (Å²) in [4.78, 5) is 0. The van der Waals surface area contributed by atoms with Crippen molar-refractivity contribution in [3.05, 3.63) is 0 Å². The topological polar surface area (TPSA) is 12.0 Å². The summed E-state index contributed by atoms with van der Waals surface area (Å²) in [5.74, 6) is 0. The van der Waals surface area contributed by atoms with Gasteiger partial charge in [0.1, 0.15) is 0 Å². The molecule has 9 heavy (non-hydrogen) atoms. The van der Waals surface area contributed by atoms with E-state index in [1.165, 1.54) is 0 Å². The minimum absolute atomic E-state index is 0.237. The van der Waals surface area contributed by atoms with E-state index in [9.17, 15) is 0 Å². The van der Waals surface area contributed by atoms with Crippen LogP contribution in [-0.4, -0.2) is 17.8 Å². The van der Waals surface area contributed by atoms with Gasteiger partial charge in [-0.25, -0.2) is 0 Å². The van der Waals surface area contributed by atoms with E-state index in [1.54, 1.807) is 0 Å². The minimum Gasteiger partial charge on any atom is -0.315 e. The van der Waals surface area contributed by atoms with Gasteiger partial charge < -0.3 is 5.32 Å². The third-order valence-electron chi connectivity index (χ3n) is 1.48. The van der Waals surface area contributed by atoms with Crippen molar-refractivity contribution in [2.45, 2.75) is 38.0 Å². The summed E-state index contributed by atoms with van der Waals surface area (Å²) in [6, 6.07) is 0. The maximum atomic E-state index is 4.31. The number of hydrogen-bond donors (Lipinski definition) is 2. The first-order chi connectivity index (χ1) is 3.98. The highest BCUT2D eigenvalue weighted by Gasteiger charge is 2.15. The molecule has 0 aromatic rings. The Bertz CT molecular complexity index is 79.0. The molecule has 0 aromatic heterocycles. The van der Waals surface area contributed by atoms with E-state index in [1.807, 2.05) is 7.05 Å². The Morgan fingerprint density at radius 1 is 1.56 bits per heavy atom. The lowest BCUT2D eigenvalue weighted by molar-refractivity contribution is 0.394. The molecule has 0 spiro atoms. The fourth-order valence-electron chi connectivity index (χ4n) is 0.841. The first-order valence-corrected chi connectivity index (χ1v) is 3.86. The second kappa shape index (κ2) is 3.47. The van der Waals surface area contributed by atoms with Gasteiger partial charge in [-0.1, -0.05) is 6.92 Å². The number of nitrogens with one attached hydrogen (secondary N) is 1. The number of hydrogen-bond acceptors (Lipinski definition) is 2. The summed E-state index contributed by atoms with van der Waals surface area (Å²) >= 11 is 4.31. The molecule has 0 amide bonds. The third kappa shape index (κ3) is 4.79. The largest absolute Gasteiger partial charge is 0.315 e. The molecule has 1 unspecified atom stereocenters. The second-order valence-corrected chi connectivity index (χ2v) is 4.07. The molecule has 0 saturated carbocycles. The molecule has 0 aromatic carbocycles. The fourth-order valence-corrected chi connectivity index (χ4v) is 1.30. The first kappa shape index (κ1) is 9.31. The van der Waals surface area contributed by atoms with Gasteiger partial charge >= 0.3 is 0 Å². The monoisotopic (exact) mass is 147 g/mol. The molecule has 56 valence electrons. The van der Waals surface area contributed by atoms with Crippen LogP contribution in [0.1, 0.15) is 27.2 Å². The van der Waals surface area contributed by atoms with Crippen LogP contribution in [-0.2, 0) is 0 Å². The molecule has 0 aliphatic carbocycles.